The smallest absolute Gasteiger partial charge is 0.0877 e. The molecule has 2 N–H and O–H groups in total. The van der Waals surface area contributed by atoms with Crippen LogP contribution >= 0.6 is 0 Å². The predicted octanol–water partition coefficient (Wildman–Crippen LogP) is 3.99. The maximum atomic E-state index is 5.65. The molecule has 0 amide bonds. The molecule has 0 radical (unpaired) electrons. The van der Waals surface area contributed by atoms with Gasteiger partial charge in [-0.15, -0.1) is 0 Å². The van der Waals surface area contributed by atoms with Crippen LogP contribution in [-0.2, 0) is 0 Å². The van der Waals surface area contributed by atoms with Crippen LogP contribution in [0.1, 0.15) is 5.56 Å². The second kappa shape index (κ2) is 4.57. The number of rotatable bonds is 2. The van der Waals surface area contributed by atoms with Crippen molar-refractivity contribution in [3.8, 4) is 0 Å². The molecule has 0 heterocycles. The van der Waals surface area contributed by atoms with E-state index >= 15 is 0 Å². The van der Waals surface area contributed by atoms with Crippen LogP contribution in [0.3, 0.4) is 0 Å². The molecule has 0 aromatic heterocycles. The minimum atomic E-state index is 0.695. The molecule has 0 saturated heterocycles. The van der Waals surface area contributed by atoms with Gasteiger partial charge >= 0.3 is 0 Å². The highest BCUT2D eigenvalue weighted by molar-refractivity contribution is 5.50. The van der Waals surface area contributed by atoms with E-state index in [0.29, 0.717) is 5.69 Å². The monoisotopic (exact) mass is 211 g/mol. The lowest BCUT2D eigenvalue weighted by molar-refractivity contribution is 1.22. The van der Waals surface area contributed by atoms with E-state index in [9.17, 15) is 0 Å². The molecule has 0 aliphatic rings. The van der Waals surface area contributed by atoms with Crippen LogP contribution in [0.5, 0.6) is 0 Å². The van der Waals surface area contributed by atoms with Crippen molar-refractivity contribution in [2.45, 2.75) is 6.92 Å². The number of nitrogens with zero attached hydrogens (tertiary/aromatic N) is 2. The van der Waals surface area contributed by atoms with Gasteiger partial charge in [-0.25, -0.2) is 0 Å². The fraction of sp³-hybridized carbons (Fsp3) is 0.0769. The summed E-state index contributed by atoms with van der Waals surface area (Å²) in [6, 6.07) is 15.2. The van der Waals surface area contributed by atoms with Gasteiger partial charge in [0.05, 0.1) is 11.4 Å². The second-order valence-electron chi connectivity index (χ2n) is 3.63. The van der Waals surface area contributed by atoms with Gasteiger partial charge in [0.15, 0.2) is 0 Å². The average molecular weight is 211 g/mol. The van der Waals surface area contributed by atoms with Gasteiger partial charge < -0.3 is 5.73 Å². The Bertz CT molecular complexity index is 471. The number of anilines is 1. The van der Waals surface area contributed by atoms with Crippen LogP contribution in [0.2, 0.25) is 0 Å². The Hall–Kier alpha value is -2.16. The van der Waals surface area contributed by atoms with Gasteiger partial charge in [-0.05, 0) is 42.8 Å². The van der Waals surface area contributed by atoms with Crippen molar-refractivity contribution in [3.05, 3.63) is 54.1 Å². The fourth-order valence-electron chi connectivity index (χ4n) is 1.39. The summed E-state index contributed by atoms with van der Waals surface area (Å²) >= 11 is 0. The summed E-state index contributed by atoms with van der Waals surface area (Å²) in [5.41, 5.74) is 9.13. The summed E-state index contributed by atoms with van der Waals surface area (Å²) in [5, 5.41) is 8.27. The largest absolute Gasteiger partial charge is 0.399 e. The lowest BCUT2D eigenvalue weighted by Gasteiger charge is -1.96. The Kier molecular flexibility index (Phi) is 2.96. The molecule has 0 saturated carbocycles. The highest BCUT2D eigenvalue weighted by atomic mass is 15.1. The van der Waals surface area contributed by atoms with Crippen LogP contribution in [0.4, 0.5) is 17.1 Å². The van der Waals surface area contributed by atoms with E-state index in [1.807, 2.05) is 49.4 Å². The van der Waals surface area contributed by atoms with E-state index in [1.54, 1.807) is 6.07 Å². The fourth-order valence-corrected chi connectivity index (χ4v) is 1.39. The van der Waals surface area contributed by atoms with Crippen molar-refractivity contribution in [1.82, 2.24) is 0 Å². The van der Waals surface area contributed by atoms with Gasteiger partial charge in [-0.2, -0.15) is 10.2 Å². The Morgan fingerprint density at radius 3 is 2.12 bits per heavy atom. The van der Waals surface area contributed by atoms with Gasteiger partial charge in [-0.1, -0.05) is 18.2 Å². The molecule has 2 aromatic rings. The molecule has 3 heteroatoms. The van der Waals surface area contributed by atoms with Crippen molar-refractivity contribution in [2.75, 3.05) is 5.73 Å². The molecule has 2 rings (SSSR count). The topological polar surface area (TPSA) is 50.7 Å². The Morgan fingerprint density at radius 1 is 0.875 bits per heavy atom. The molecule has 16 heavy (non-hydrogen) atoms. The summed E-state index contributed by atoms with van der Waals surface area (Å²) in [6.45, 7) is 2.03. The maximum absolute atomic E-state index is 5.65. The number of benzene rings is 2. The molecular weight excluding hydrogens is 198 g/mol. The molecule has 3 nitrogen and oxygen atoms in total. The van der Waals surface area contributed by atoms with Crippen molar-refractivity contribution in [1.29, 1.82) is 0 Å². The molecule has 0 unspecified atom stereocenters. The third-order valence-electron chi connectivity index (χ3n) is 2.15. The van der Waals surface area contributed by atoms with Crippen LogP contribution < -0.4 is 5.73 Å². The minimum absolute atomic E-state index is 0.695. The molecule has 0 fully saturated rings. The number of hydrogen-bond donors (Lipinski definition) is 1. The number of hydrogen-bond acceptors (Lipinski definition) is 3. The second-order valence-corrected chi connectivity index (χ2v) is 3.63. The number of azo groups is 1. The third kappa shape index (κ3) is 2.67. The van der Waals surface area contributed by atoms with Crippen molar-refractivity contribution in [3.63, 3.8) is 0 Å². The van der Waals surface area contributed by atoms with Gasteiger partial charge in [-0.3, -0.25) is 0 Å². The summed E-state index contributed by atoms with van der Waals surface area (Å²) < 4.78 is 0. The van der Waals surface area contributed by atoms with Gasteiger partial charge in [0.2, 0.25) is 0 Å². The highest BCUT2D eigenvalue weighted by Gasteiger charge is 1.92. The van der Waals surface area contributed by atoms with E-state index in [1.165, 1.54) is 5.56 Å². The molecule has 0 atom stereocenters. The lowest BCUT2D eigenvalue weighted by atomic mass is 10.2. The predicted molar refractivity (Wildman–Crippen MR) is 66.2 cm³/mol. The number of nitrogen functional groups attached to an aromatic ring is 1. The first-order chi connectivity index (χ1) is 7.74. The SMILES string of the molecule is Cc1cccc(/N=N/c2cccc(N)c2)c1. The standard InChI is InChI=1S/C13H13N3/c1-10-4-2-6-12(8-10)15-16-13-7-3-5-11(14)9-13/h2-9H,14H2,1H3/b16-15+. The summed E-state index contributed by atoms with van der Waals surface area (Å²) in [7, 11) is 0. The quantitative estimate of drug-likeness (QED) is 0.592. The molecule has 0 bridgehead atoms. The maximum Gasteiger partial charge on any atom is 0.0877 e. The van der Waals surface area contributed by atoms with Crippen LogP contribution in [0.25, 0.3) is 0 Å². The summed E-state index contributed by atoms with van der Waals surface area (Å²) in [5.74, 6) is 0. The van der Waals surface area contributed by atoms with Gasteiger partial charge in [0.25, 0.3) is 0 Å². The molecule has 0 aliphatic carbocycles. The zero-order valence-corrected chi connectivity index (χ0v) is 9.09. The van der Waals surface area contributed by atoms with Crippen LogP contribution in [0, 0.1) is 6.92 Å². The van der Waals surface area contributed by atoms with Crippen molar-refractivity contribution < 1.29 is 0 Å². The molecular formula is C13H13N3. The first-order valence-electron chi connectivity index (χ1n) is 5.08. The summed E-state index contributed by atoms with van der Waals surface area (Å²) in [4.78, 5) is 0. The minimum Gasteiger partial charge on any atom is -0.399 e. The Labute approximate surface area is 94.6 Å². The Morgan fingerprint density at radius 2 is 1.50 bits per heavy atom. The zero-order chi connectivity index (χ0) is 11.4. The Balaban J connectivity index is 2.21. The van der Waals surface area contributed by atoms with Crippen molar-refractivity contribution >= 4 is 17.1 Å². The number of aryl methyl sites for hydroxylation is 1. The normalized spacial score (nSPS) is 10.8. The average Bonchev–Trinajstić information content (AvgIpc) is 2.27. The zero-order valence-electron chi connectivity index (χ0n) is 9.09. The molecule has 0 spiro atoms. The van der Waals surface area contributed by atoms with Crippen LogP contribution in [0.15, 0.2) is 58.8 Å². The number of nitrogens with two attached hydrogens (primary N) is 1. The van der Waals surface area contributed by atoms with Crippen LogP contribution in [-0.4, -0.2) is 0 Å². The lowest BCUT2D eigenvalue weighted by Crippen LogP contribution is -1.80. The molecule has 80 valence electrons. The molecule has 2 aromatic carbocycles. The van der Waals surface area contributed by atoms with Gasteiger partial charge in [0, 0.05) is 5.69 Å². The van der Waals surface area contributed by atoms with Gasteiger partial charge in [0.1, 0.15) is 0 Å². The van der Waals surface area contributed by atoms with E-state index in [-0.39, 0.29) is 0 Å². The van der Waals surface area contributed by atoms with E-state index in [4.69, 9.17) is 5.73 Å². The first kappa shape index (κ1) is 10.4. The highest BCUT2D eigenvalue weighted by Crippen LogP contribution is 2.20. The summed E-state index contributed by atoms with van der Waals surface area (Å²) in [6.07, 6.45) is 0. The van der Waals surface area contributed by atoms with E-state index in [2.05, 4.69) is 10.2 Å². The first-order valence-corrected chi connectivity index (χ1v) is 5.08. The third-order valence-corrected chi connectivity index (χ3v) is 2.15. The van der Waals surface area contributed by atoms with Crippen molar-refractivity contribution in [2.24, 2.45) is 10.2 Å². The molecule has 0 aliphatic heterocycles. The van der Waals surface area contributed by atoms with E-state index in [0.717, 1.165) is 11.4 Å². The van der Waals surface area contributed by atoms with E-state index < -0.39 is 0 Å².